The molecule has 1 N–H and O–H groups in total. The molecule has 8 nitrogen and oxygen atoms in total. The van der Waals surface area contributed by atoms with Crippen molar-refractivity contribution in [2.75, 3.05) is 32.8 Å². The summed E-state index contributed by atoms with van der Waals surface area (Å²) in [7, 11) is 0. The number of hydrogen-bond donors (Lipinski definition) is 1. The third-order valence-corrected chi connectivity index (χ3v) is 5.42. The van der Waals surface area contributed by atoms with Gasteiger partial charge in [-0.25, -0.2) is 0 Å². The van der Waals surface area contributed by atoms with Crippen LogP contribution in [0.3, 0.4) is 0 Å². The van der Waals surface area contributed by atoms with Crippen LogP contribution in [-0.2, 0) is 11.3 Å². The molecule has 2 aromatic heterocycles. The van der Waals surface area contributed by atoms with Gasteiger partial charge >= 0.3 is 0 Å². The van der Waals surface area contributed by atoms with Crippen LogP contribution in [0, 0.1) is 25.2 Å². The van der Waals surface area contributed by atoms with Gasteiger partial charge in [0.2, 0.25) is 5.76 Å². The predicted molar refractivity (Wildman–Crippen MR) is 86.8 cm³/mol. The number of hydrogen-bond acceptors (Lipinski definition) is 7. The molecule has 2 atom stereocenters. The molecule has 1 amide bonds. The molecule has 2 aliphatic rings. The zero-order chi connectivity index (χ0) is 17.4. The molecule has 0 aliphatic carbocycles. The van der Waals surface area contributed by atoms with Gasteiger partial charge in [-0.05, 0) is 13.8 Å². The van der Waals surface area contributed by atoms with Gasteiger partial charge in [-0.15, -0.1) is 0 Å². The van der Waals surface area contributed by atoms with Crippen LogP contribution >= 0.6 is 0 Å². The van der Waals surface area contributed by atoms with Gasteiger partial charge < -0.3 is 19.1 Å². The third kappa shape index (κ3) is 2.96. The van der Waals surface area contributed by atoms with Crippen molar-refractivity contribution >= 4 is 5.91 Å². The van der Waals surface area contributed by atoms with Crippen LogP contribution in [0.2, 0.25) is 0 Å². The number of carbonyl (C=O) groups excluding carboxylic acids is 1. The first-order valence-corrected chi connectivity index (χ1v) is 8.48. The molecule has 2 saturated heterocycles. The van der Waals surface area contributed by atoms with E-state index in [2.05, 4.69) is 20.5 Å². The molecule has 134 valence electrons. The molecule has 2 aliphatic heterocycles. The zero-order valence-electron chi connectivity index (χ0n) is 14.4. The van der Waals surface area contributed by atoms with Gasteiger partial charge in [0.15, 0.2) is 0 Å². The number of ether oxygens (including phenoxy) is 1. The molecule has 0 spiro atoms. The van der Waals surface area contributed by atoms with Gasteiger partial charge in [-0.1, -0.05) is 10.3 Å². The van der Waals surface area contributed by atoms with Crippen molar-refractivity contribution in [1.82, 2.24) is 20.5 Å². The highest BCUT2D eigenvalue weighted by Gasteiger charge is 2.50. The topological polar surface area (TPSA) is 93.6 Å². The number of likely N-dealkylation sites (tertiary alicyclic amines) is 1. The molecule has 8 heteroatoms. The van der Waals surface area contributed by atoms with Crippen LogP contribution in [-0.4, -0.2) is 54.0 Å². The molecule has 4 heterocycles. The SMILES string of the molecule is Cc1noc(C)c1CN1C[C@@H]2COC[C@]2(CNC(=O)c2ccno2)C1. The van der Waals surface area contributed by atoms with Crippen LogP contribution in [0.5, 0.6) is 0 Å². The normalized spacial score (nSPS) is 26.1. The van der Waals surface area contributed by atoms with Crippen molar-refractivity contribution in [3.8, 4) is 0 Å². The molecule has 2 aromatic rings. The Balaban J connectivity index is 1.43. The fourth-order valence-electron chi connectivity index (χ4n) is 3.94. The number of rotatable bonds is 5. The van der Waals surface area contributed by atoms with Crippen molar-refractivity contribution < 1.29 is 18.6 Å². The van der Waals surface area contributed by atoms with E-state index in [0.717, 1.165) is 43.3 Å². The Morgan fingerprint density at radius 1 is 1.44 bits per heavy atom. The van der Waals surface area contributed by atoms with E-state index in [4.69, 9.17) is 13.8 Å². The summed E-state index contributed by atoms with van der Waals surface area (Å²) in [5.41, 5.74) is 2.04. The minimum absolute atomic E-state index is 0.0609. The van der Waals surface area contributed by atoms with Crippen molar-refractivity contribution in [3.63, 3.8) is 0 Å². The lowest BCUT2D eigenvalue weighted by Gasteiger charge is -2.27. The minimum atomic E-state index is -0.235. The highest BCUT2D eigenvalue weighted by molar-refractivity contribution is 5.91. The van der Waals surface area contributed by atoms with Gasteiger partial charge in [0, 0.05) is 49.1 Å². The fourth-order valence-corrected chi connectivity index (χ4v) is 3.94. The standard InChI is InChI=1S/C17H22N4O4/c1-11-14(12(2)24-20-11)6-21-5-13-7-23-10-17(13,9-21)8-18-16(22)15-3-4-19-25-15/h3-4,13H,5-10H2,1-2H3,(H,18,22)/t13-,17+/m1/s1. The molecular weight excluding hydrogens is 324 g/mol. The molecule has 0 unspecified atom stereocenters. The zero-order valence-corrected chi connectivity index (χ0v) is 14.4. The van der Waals surface area contributed by atoms with E-state index in [1.54, 1.807) is 6.07 Å². The maximum Gasteiger partial charge on any atom is 0.289 e. The Morgan fingerprint density at radius 2 is 2.32 bits per heavy atom. The summed E-state index contributed by atoms with van der Waals surface area (Å²) >= 11 is 0. The van der Waals surface area contributed by atoms with Gasteiger partial charge in [-0.2, -0.15) is 0 Å². The van der Waals surface area contributed by atoms with Crippen molar-refractivity contribution in [1.29, 1.82) is 0 Å². The highest BCUT2D eigenvalue weighted by atomic mass is 16.5. The van der Waals surface area contributed by atoms with Crippen LogP contribution in [0.15, 0.2) is 21.3 Å². The number of nitrogens with one attached hydrogen (secondary N) is 1. The second-order valence-electron chi connectivity index (χ2n) is 7.11. The molecule has 0 radical (unpaired) electrons. The van der Waals surface area contributed by atoms with Crippen LogP contribution in [0.25, 0.3) is 0 Å². The largest absolute Gasteiger partial charge is 0.380 e. The van der Waals surface area contributed by atoms with E-state index >= 15 is 0 Å². The van der Waals surface area contributed by atoms with E-state index in [1.807, 2.05) is 13.8 Å². The van der Waals surface area contributed by atoms with Crippen LogP contribution < -0.4 is 5.32 Å². The van der Waals surface area contributed by atoms with E-state index in [0.29, 0.717) is 19.1 Å². The van der Waals surface area contributed by atoms with E-state index < -0.39 is 0 Å². The second-order valence-corrected chi connectivity index (χ2v) is 7.11. The molecule has 2 fully saturated rings. The van der Waals surface area contributed by atoms with Crippen molar-refractivity contribution in [2.24, 2.45) is 11.3 Å². The van der Waals surface area contributed by atoms with Gasteiger partial charge in [-0.3, -0.25) is 9.69 Å². The minimum Gasteiger partial charge on any atom is -0.380 e. The number of amides is 1. The van der Waals surface area contributed by atoms with Crippen LogP contribution in [0.1, 0.15) is 27.6 Å². The number of aromatic nitrogens is 2. The first-order chi connectivity index (χ1) is 12.1. The predicted octanol–water partition coefficient (Wildman–Crippen LogP) is 1.16. The molecule has 0 aromatic carbocycles. The Bertz CT molecular complexity index is 737. The molecule has 0 bridgehead atoms. The summed E-state index contributed by atoms with van der Waals surface area (Å²) in [5.74, 6) is 1.28. The summed E-state index contributed by atoms with van der Waals surface area (Å²) in [6.45, 7) is 8.51. The Kier molecular flexibility index (Phi) is 4.09. The third-order valence-electron chi connectivity index (χ3n) is 5.42. The molecule has 0 saturated carbocycles. The average Bonchev–Trinajstić information content (AvgIpc) is 3.34. The first-order valence-electron chi connectivity index (χ1n) is 8.48. The van der Waals surface area contributed by atoms with Crippen molar-refractivity contribution in [3.05, 3.63) is 35.0 Å². The Morgan fingerprint density at radius 3 is 3.04 bits per heavy atom. The maximum atomic E-state index is 12.2. The van der Waals surface area contributed by atoms with E-state index in [9.17, 15) is 4.79 Å². The van der Waals surface area contributed by atoms with E-state index in [1.165, 1.54) is 6.20 Å². The van der Waals surface area contributed by atoms with Crippen molar-refractivity contribution in [2.45, 2.75) is 20.4 Å². The highest BCUT2D eigenvalue weighted by Crippen LogP contribution is 2.41. The molecular formula is C17H22N4O4. The average molecular weight is 346 g/mol. The Labute approximate surface area is 145 Å². The molecule has 4 rings (SSSR count). The number of carbonyl (C=O) groups is 1. The monoisotopic (exact) mass is 346 g/mol. The van der Waals surface area contributed by atoms with Gasteiger partial charge in [0.25, 0.3) is 5.91 Å². The van der Waals surface area contributed by atoms with E-state index in [-0.39, 0.29) is 17.1 Å². The summed E-state index contributed by atoms with van der Waals surface area (Å²) in [6, 6.07) is 1.56. The first kappa shape index (κ1) is 16.3. The fraction of sp³-hybridized carbons (Fsp3) is 0.588. The number of fused-ring (bicyclic) bond motifs is 1. The number of nitrogens with zero attached hydrogens (tertiary/aromatic N) is 3. The van der Waals surface area contributed by atoms with Gasteiger partial charge in [0.05, 0.1) is 25.1 Å². The maximum absolute atomic E-state index is 12.2. The molecule has 25 heavy (non-hydrogen) atoms. The summed E-state index contributed by atoms with van der Waals surface area (Å²) in [5, 5.41) is 10.6. The lowest BCUT2D eigenvalue weighted by molar-refractivity contribution is 0.0869. The number of aryl methyl sites for hydroxylation is 2. The second kappa shape index (κ2) is 6.27. The van der Waals surface area contributed by atoms with Gasteiger partial charge in [0.1, 0.15) is 5.76 Å². The smallest absolute Gasteiger partial charge is 0.289 e. The summed E-state index contributed by atoms with van der Waals surface area (Å²) < 4.78 is 15.9. The summed E-state index contributed by atoms with van der Waals surface area (Å²) in [4.78, 5) is 14.6. The lowest BCUT2D eigenvalue weighted by Crippen LogP contribution is -2.43. The Hall–Kier alpha value is -2.19. The lowest BCUT2D eigenvalue weighted by atomic mass is 9.81. The quantitative estimate of drug-likeness (QED) is 0.868. The summed E-state index contributed by atoms with van der Waals surface area (Å²) in [6.07, 6.45) is 1.47. The van der Waals surface area contributed by atoms with Crippen LogP contribution in [0.4, 0.5) is 0 Å².